The van der Waals surface area contributed by atoms with E-state index in [1.807, 2.05) is 0 Å². The Morgan fingerprint density at radius 3 is 2.44 bits per heavy atom. The van der Waals surface area contributed by atoms with Gasteiger partial charge in [-0.25, -0.2) is 9.48 Å². The van der Waals surface area contributed by atoms with Gasteiger partial charge in [-0.3, -0.25) is 4.79 Å². The lowest BCUT2D eigenvalue weighted by Gasteiger charge is -2.16. The van der Waals surface area contributed by atoms with Crippen LogP contribution in [-0.4, -0.2) is 38.0 Å². The van der Waals surface area contributed by atoms with Crippen molar-refractivity contribution in [1.82, 2.24) is 20.3 Å². The van der Waals surface area contributed by atoms with E-state index in [0.717, 1.165) is 16.9 Å². The van der Waals surface area contributed by atoms with Crippen LogP contribution >= 0.6 is 0 Å². The minimum atomic E-state index is -4.60. The van der Waals surface area contributed by atoms with E-state index in [-0.39, 0.29) is 17.3 Å². The second kappa shape index (κ2) is 6.91. The first-order chi connectivity index (χ1) is 11.6. The molecule has 1 heterocycles. The van der Waals surface area contributed by atoms with Gasteiger partial charge in [-0.05, 0) is 18.1 Å². The lowest BCUT2D eigenvalue weighted by Crippen LogP contribution is -2.44. The van der Waals surface area contributed by atoms with Gasteiger partial charge in [0, 0.05) is 0 Å². The molecule has 0 aliphatic carbocycles. The highest BCUT2D eigenvalue weighted by Gasteiger charge is 2.34. The molecule has 2 rings (SSSR count). The minimum Gasteiger partial charge on any atom is -0.480 e. The number of benzene rings is 1. The van der Waals surface area contributed by atoms with Crippen LogP contribution in [0.3, 0.4) is 0 Å². The van der Waals surface area contributed by atoms with Gasteiger partial charge < -0.3 is 10.4 Å². The molecule has 1 atom stereocenters. The number of alkyl halides is 3. The Hall–Kier alpha value is -2.91. The van der Waals surface area contributed by atoms with Crippen LogP contribution in [0, 0.1) is 5.92 Å². The van der Waals surface area contributed by atoms with Crippen LogP contribution in [0.25, 0.3) is 5.69 Å². The number of nitrogens with zero attached hydrogens (tertiary/aromatic N) is 3. The van der Waals surface area contributed by atoms with Gasteiger partial charge in [0.2, 0.25) is 0 Å². The Labute approximate surface area is 140 Å². The molecule has 2 aromatic rings. The third kappa shape index (κ3) is 4.14. The number of carbonyl (C=O) groups is 2. The molecule has 134 valence electrons. The van der Waals surface area contributed by atoms with Gasteiger partial charge in [-0.2, -0.15) is 13.2 Å². The Kier molecular flexibility index (Phi) is 5.10. The second-order valence-electron chi connectivity index (χ2n) is 5.60. The molecular formula is C15H15F3N4O3. The Morgan fingerprint density at radius 1 is 1.24 bits per heavy atom. The average molecular weight is 356 g/mol. The standard InChI is InChI=1S/C15H15F3N4O3/c1-8(2)12(14(24)25)19-13(23)10-7-22(21-20-10)11-6-4-3-5-9(11)15(16,17)18/h3-8,12H,1-2H3,(H,19,23)(H,24,25). The highest BCUT2D eigenvalue weighted by atomic mass is 19.4. The van der Waals surface area contributed by atoms with Crippen molar-refractivity contribution in [1.29, 1.82) is 0 Å². The summed E-state index contributed by atoms with van der Waals surface area (Å²) in [6.45, 7) is 3.21. The topological polar surface area (TPSA) is 97.1 Å². The maximum Gasteiger partial charge on any atom is 0.418 e. The number of carbonyl (C=O) groups excluding carboxylic acids is 1. The highest BCUT2D eigenvalue weighted by molar-refractivity contribution is 5.94. The summed E-state index contributed by atoms with van der Waals surface area (Å²) in [4.78, 5) is 23.2. The molecule has 0 bridgehead atoms. The molecule has 0 aliphatic rings. The third-order valence-corrected chi connectivity index (χ3v) is 3.40. The molecule has 1 aromatic carbocycles. The summed E-state index contributed by atoms with van der Waals surface area (Å²) in [5.74, 6) is -2.45. The average Bonchev–Trinajstić information content (AvgIpc) is 3.00. The number of rotatable bonds is 5. The van der Waals surface area contributed by atoms with Gasteiger partial charge in [0.1, 0.15) is 6.04 Å². The van der Waals surface area contributed by atoms with Gasteiger partial charge in [-0.1, -0.05) is 31.2 Å². The fourth-order valence-corrected chi connectivity index (χ4v) is 2.13. The molecule has 1 amide bonds. The van der Waals surface area contributed by atoms with Crippen molar-refractivity contribution in [2.45, 2.75) is 26.1 Å². The fourth-order valence-electron chi connectivity index (χ4n) is 2.13. The number of carboxylic acids is 1. The predicted octanol–water partition coefficient (Wildman–Crippen LogP) is 2.13. The summed E-state index contributed by atoms with van der Waals surface area (Å²) in [5, 5.41) is 18.4. The van der Waals surface area contributed by atoms with E-state index < -0.39 is 29.7 Å². The number of hydrogen-bond acceptors (Lipinski definition) is 4. The van der Waals surface area contributed by atoms with E-state index in [0.29, 0.717) is 0 Å². The minimum absolute atomic E-state index is 0.288. The van der Waals surface area contributed by atoms with Crippen LogP contribution in [0.1, 0.15) is 29.9 Å². The maximum absolute atomic E-state index is 13.0. The van der Waals surface area contributed by atoms with E-state index >= 15 is 0 Å². The normalized spacial score (nSPS) is 12.9. The number of aliphatic carboxylic acids is 1. The summed E-state index contributed by atoms with van der Waals surface area (Å²) in [5.41, 5.74) is -1.51. The molecule has 25 heavy (non-hydrogen) atoms. The van der Waals surface area contributed by atoms with Crippen molar-refractivity contribution in [3.63, 3.8) is 0 Å². The first-order valence-corrected chi connectivity index (χ1v) is 7.24. The number of nitrogens with one attached hydrogen (secondary N) is 1. The fraction of sp³-hybridized carbons (Fsp3) is 0.333. The number of amides is 1. The summed E-state index contributed by atoms with van der Waals surface area (Å²) in [6, 6.07) is 3.55. The lowest BCUT2D eigenvalue weighted by atomic mass is 10.0. The quantitative estimate of drug-likeness (QED) is 0.855. The van der Waals surface area contributed by atoms with E-state index in [9.17, 15) is 22.8 Å². The van der Waals surface area contributed by atoms with Gasteiger partial charge in [-0.15, -0.1) is 5.10 Å². The van der Waals surface area contributed by atoms with Crippen molar-refractivity contribution >= 4 is 11.9 Å². The van der Waals surface area contributed by atoms with Crippen LogP contribution in [-0.2, 0) is 11.0 Å². The van der Waals surface area contributed by atoms with E-state index in [4.69, 9.17) is 5.11 Å². The monoisotopic (exact) mass is 356 g/mol. The first kappa shape index (κ1) is 18.4. The SMILES string of the molecule is CC(C)C(NC(=O)c1cn(-c2ccccc2C(F)(F)F)nn1)C(=O)O. The van der Waals surface area contributed by atoms with Crippen molar-refractivity contribution in [3.05, 3.63) is 41.7 Å². The van der Waals surface area contributed by atoms with Crippen molar-refractivity contribution in [3.8, 4) is 5.69 Å². The molecule has 7 nitrogen and oxygen atoms in total. The molecule has 10 heteroatoms. The van der Waals surface area contributed by atoms with Crippen LogP contribution in [0.15, 0.2) is 30.5 Å². The second-order valence-corrected chi connectivity index (χ2v) is 5.60. The Balaban J connectivity index is 2.29. The van der Waals surface area contributed by atoms with Crippen LogP contribution < -0.4 is 5.32 Å². The van der Waals surface area contributed by atoms with E-state index in [1.165, 1.54) is 18.2 Å². The number of para-hydroxylation sites is 1. The molecule has 0 saturated carbocycles. The van der Waals surface area contributed by atoms with Gasteiger partial charge in [0.05, 0.1) is 17.4 Å². The zero-order valence-corrected chi connectivity index (χ0v) is 13.3. The summed E-state index contributed by atoms with van der Waals surface area (Å²) >= 11 is 0. The zero-order valence-electron chi connectivity index (χ0n) is 13.3. The Morgan fingerprint density at radius 2 is 1.88 bits per heavy atom. The molecule has 0 fully saturated rings. The number of halogens is 3. The number of carboxylic acid groups (broad SMARTS) is 1. The molecule has 0 saturated heterocycles. The third-order valence-electron chi connectivity index (χ3n) is 3.40. The highest BCUT2D eigenvalue weighted by Crippen LogP contribution is 2.33. The van der Waals surface area contributed by atoms with E-state index in [2.05, 4.69) is 15.6 Å². The number of aromatic nitrogens is 3. The van der Waals surface area contributed by atoms with Gasteiger partial charge in [0.25, 0.3) is 5.91 Å². The van der Waals surface area contributed by atoms with Gasteiger partial charge in [0.15, 0.2) is 5.69 Å². The molecule has 0 radical (unpaired) electrons. The lowest BCUT2D eigenvalue weighted by molar-refractivity contribution is -0.140. The predicted molar refractivity (Wildman–Crippen MR) is 80.1 cm³/mol. The summed E-state index contributed by atoms with van der Waals surface area (Å²) < 4.78 is 40.0. The first-order valence-electron chi connectivity index (χ1n) is 7.24. The molecule has 1 unspecified atom stereocenters. The van der Waals surface area contributed by atoms with Crippen LogP contribution in [0.5, 0.6) is 0 Å². The summed E-state index contributed by atoms with van der Waals surface area (Å²) in [7, 11) is 0. The van der Waals surface area contributed by atoms with Crippen LogP contribution in [0.2, 0.25) is 0 Å². The molecule has 0 spiro atoms. The smallest absolute Gasteiger partial charge is 0.418 e. The van der Waals surface area contributed by atoms with Crippen LogP contribution in [0.4, 0.5) is 13.2 Å². The van der Waals surface area contributed by atoms with E-state index in [1.54, 1.807) is 13.8 Å². The van der Waals surface area contributed by atoms with Crippen molar-refractivity contribution in [2.75, 3.05) is 0 Å². The van der Waals surface area contributed by atoms with Crippen molar-refractivity contribution < 1.29 is 27.9 Å². The number of hydrogen-bond donors (Lipinski definition) is 2. The molecular weight excluding hydrogens is 341 g/mol. The maximum atomic E-state index is 13.0. The van der Waals surface area contributed by atoms with Crippen molar-refractivity contribution in [2.24, 2.45) is 5.92 Å². The largest absolute Gasteiger partial charge is 0.480 e. The Bertz CT molecular complexity index is 786. The van der Waals surface area contributed by atoms with Gasteiger partial charge >= 0.3 is 12.1 Å². The molecule has 1 aromatic heterocycles. The molecule has 0 aliphatic heterocycles. The molecule has 2 N–H and O–H groups in total. The zero-order chi connectivity index (χ0) is 18.8. The summed E-state index contributed by atoms with van der Waals surface area (Å²) in [6.07, 6.45) is -3.59.